The fraction of sp³-hybridized carbons (Fsp3) is 0.667. The van der Waals surface area contributed by atoms with Gasteiger partial charge in [-0.3, -0.25) is 34.1 Å². The van der Waals surface area contributed by atoms with Gasteiger partial charge in [0, 0.05) is 80.7 Å². The van der Waals surface area contributed by atoms with Crippen molar-refractivity contribution in [1.29, 1.82) is 5.53 Å². The number of carbonyl (C=O) groups is 5. The average Bonchev–Trinajstić information content (AvgIpc) is 4.28. The highest BCUT2D eigenvalue weighted by atomic mass is 16.5. The Morgan fingerprint density at radius 2 is 1.77 bits per heavy atom. The van der Waals surface area contributed by atoms with Crippen molar-refractivity contribution in [3.8, 4) is 28.8 Å². The van der Waals surface area contributed by atoms with Gasteiger partial charge >= 0.3 is 12.0 Å². The zero-order valence-electron chi connectivity index (χ0n) is 49.4. The van der Waals surface area contributed by atoms with E-state index in [4.69, 9.17) is 24.7 Å². The van der Waals surface area contributed by atoms with E-state index < -0.39 is 41.0 Å². The molecule has 3 N–H and O–H groups in total. The van der Waals surface area contributed by atoms with Crippen LogP contribution in [0.25, 0.3) is 22.2 Å². The first-order valence-electron chi connectivity index (χ1n) is 28.9. The average molecular weight is 1100 g/mol. The van der Waals surface area contributed by atoms with Crippen molar-refractivity contribution in [3.05, 3.63) is 47.3 Å². The Labute approximate surface area is 472 Å². The quantitative estimate of drug-likeness (QED) is 0.0516. The molecule has 1 aromatic carbocycles. The zero-order valence-corrected chi connectivity index (χ0v) is 49.4. The summed E-state index contributed by atoms with van der Waals surface area (Å²) in [6.45, 7) is 19.7. The normalized spacial score (nSPS) is 24.1. The third-order valence-electron chi connectivity index (χ3n) is 17.8. The lowest BCUT2D eigenvalue weighted by Gasteiger charge is -2.37. The van der Waals surface area contributed by atoms with E-state index in [1.807, 2.05) is 59.7 Å². The maximum absolute atomic E-state index is 15.0. The Hall–Kier alpha value is -6.39. The van der Waals surface area contributed by atoms with E-state index in [2.05, 4.69) is 76.1 Å². The number of ether oxygens (including phenoxy) is 3. The predicted octanol–water partition coefficient (Wildman–Crippen LogP) is 7.08. The molecule has 0 radical (unpaired) electrons. The molecule has 20 heteroatoms. The molecule has 4 aliphatic heterocycles. The van der Waals surface area contributed by atoms with Gasteiger partial charge < -0.3 is 38.8 Å². The molecule has 6 bridgehead atoms. The standard InChI is InChI=1S/C60H86N12O8/c1-13-71-49-19-18-42-31-44(49)46(53(71)45-32-43(79-28-24-63-66-61)34-62-51(45)39(4)78-12)33-58(5,6)37-80-56(76)47-15-14-25-72(65-47)55(75)48(30-40-16-17-41(42)29-40)64-54(74)52(38(2)3)68(11)57(77)70-27-23-60(36-70)22-26-69(35-60)50(73)20-21-59(7,8)67(9)10/h18-19,31-32,34,38-41,47-48,52,61,65H,13-17,22-30,33,35-37H2,1-12H3/p+1/t39-,40?,41?,47-,48-,52-,60-/m0/s1. The van der Waals surface area contributed by atoms with Crippen LogP contribution in [-0.4, -0.2) is 168 Å². The summed E-state index contributed by atoms with van der Waals surface area (Å²) in [5.74, 6) is 5.11. The number of hydrogen-bond acceptors (Lipinski definition) is 13. The van der Waals surface area contributed by atoms with Crippen LogP contribution in [0.3, 0.4) is 0 Å². The number of benzene rings is 1. The predicted molar refractivity (Wildman–Crippen MR) is 304 cm³/mol. The van der Waals surface area contributed by atoms with Crippen LogP contribution in [0, 0.1) is 40.0 Å². The maximum atomic E-state index is 15.0. The fourth-order valence-corrected chi connectivity index (χ4v) is 12.7. The number of aryl methyl sites for hydroxylation is 1. The first-order valence-corrected chi connectivity index (χ1v) is 28.9. The van der Waals surface area contributed by atoms with Crippen molar-refractivity contribution >= 4 is 40.6 Å². The van der Waals surface area contributed by atoms with Gasteiger partial charge in [0.2, 0.25) is 10.8 Å². The van der Waals surface area contributed by atoms with Crippen LogP contribution in [-0.2, 0) is 41.6 Å². The first kappa shape index (κ1) is 59.7. The number of fused-ring (bicyclic) bond motifs is 6. The summed E-state index contributed by atoms with van der Waals surface area (Å²) in [5, 5.41) is 9.54. The van der Waals surface area contributed by atoms with Gasteiger partial charge in [0.05, 0.1) is 35.8 Å². The molecular weight excluding hydrogens is 1020 g/mol. The van der Waals surface area contributed by atoms with E-state index in [9.17, 15) is 24.0 Å². The van der Waals surface area contributed by atoms with E-state index >= 15 is 0 Å². The summed E-state index contributed by atoms with van der Waals surface area (Å²) in [6.07, 6.45) is 7.35. The smallest absolute Gasteiger partial charge is 0.324 e. The van der Waals surface area contributed by atoms with Crippen molar-refractivity contribution in [2.75, 3.05) is 80.7 Å². The molecular formula is C60H87N12O8+. The summed E-state index contributed by atoms with van der Waals surface area (Å²) < 4.78 is 20.6. The lowest BCUT2D eigenvalue weighted by atomic mass is 9.83. The SMILES string of the molecule is CCn1c(-c2cc(OCCN=[N+]=N)cnc2[C@H](C)OC)c2c3cc(ccc31)C1CCC(C1)C[C@H](NC(=O)[C@H](C(C)C)N(C)C(=O)N1CC[C@]3(CCN(C(=O)C#CC(C)(C)N(C)C)C3)C1)C(=O)N1CCC[C@H](N1)C(=O)OCC(C)(C)C2. The van der Waals surface area contributed by atoms with Crippen LogP contribution in [0.4, 0.5) is 4.79 Å². The molecule has 7 atom stereocenters. The minimum Gasteiger partial charge on any atom is -0.490 e. The highest BCUT2D eigenvalue weighted by Crippen LogP contribution is 2.46. The second kappa shape index (κ2) is 24.8. The van der Waals surface area contributed by atoms with E-state index in [0.29, 0.717) is 70.7 Å². The molecule has 5 aliphatic rings. The molecule has 4 fully saturated rings. The number of hydrazine groups is 1. The van der Waals surface area contributed by atoms with Crippen molar-refractivity contribution in [1.82, 2.24) is 49.8 Å². The van der Waals surface area contributed by atoms with Crippen LogP contribution in [0.1, 0.15) is 136 Å². The van der Waals surface area contributed by atoms with Gasteiger partial charge in [-0.15, -0.1) is 0 Å². The zero-order chi connectivity index (χ0) is 57.8. The van der Waals surface area contributed by atoms with Gasteiger partial charge in [-0.2, -0.15) is 0 Å². The van der Waals surface area contributed by atoms with Crippen molar-refractivity contribution in [3.63, 3.8) is 0 Å². The molecule has 3 saturated heterocycles. The highest BCUT2D eigenvalue weighted by Gasteiger charge is 2.48. The third kappa shape index (κ3) is 13.0. The van der Waals surface area contributed by atoms with E-state index in [1.54, 1.807) is 30.2 Å². The summed E-state index contributed by atoms with van der Waals surface area (Å²) >= 11 is 0. The molecule has 5 amide bonds. The van der Waals surface area contributed by atoms with Gasteiger partial charge in [-0.25, -0.2) is 10.2 Å². The number of methoxy groups -OCH3 is 1. The number of amides is 5. The Balaban J connectivity index is 1.07. The monoisotopic (exact) mass is 1100 g/mol. The first-order chi connectivity index (χ1) is 38.0. The number of likely N-dealkylation sites (tertiary alicyclic amines) is 2. The maximum Gasteiger partial charge on any atom is 0.324 e. The Bertz CT molecular complexity index is 2920. The lowest BCUT2D eigenvalue weighted by molar-refractivity contribution is -0.155. The minimum atomic E-state index is -0.936. The minimum absolute atomic E-state index is 0.0824. The molecule has 434 valence electrons. The third-order valence-corrected chi connectivity index (χ3v) is 17.8. The second-order valence-corrected chi connectivity index (χ2v) is 25.0. The molecule has 1 spiro atoms. The number of urea groups is 1. The second-order valence-electron chi connectivity index (χ2n) is 25.0. The number of nitrogens with zero attached hydrogens (tertiary/aromatic N) is 9. The summed E-state index contributed by atoms with van der Waals surface area (Å²) in [4.78, 5) is 86.9. The number of esters is 1. The number of nitrogens with one attached hydrogen (secondary N) is 3. The lowest BCUT2D eigenvalue weighted by Crippen LogP contribution is -2.62. The van der Waals surface area contributed by atoms with Crippen LogP contribution < -0.4 is 20.4 Å². The van der Waals surface area contributed by atoms with Gasteiger partial charge in [0.1, 0.15) is 41.1 Å². The Kier molecular flexibility index (Phi) is 18.5. The van der Waals surface area contributed by atoms with Crippen LogP contribution in [0.15, 0.2) is 35.6 Å². The number of pyridine rings is 1. The molecule has 20 nitrogen and oxygen atoms in total. The van der Waals surface area contributed by atoms with E-state index in [0.717, 1.165) is 65.5 Å². The van der Waals surface area contributed by atoms with Crippen molar-refractivity contribution in [2.45, 2.75) is 155 Å². The summed E-state index contributed by atoms with van der Waals surface area (Å²) in [7, 11) is 7.21. The molecule has 3 aromatic rings. The van der Waals surface area contributed by atoms with Crippen LogP contribution in [0.5, 0.6) is 5.75 Å². The van der Waals surface area contributed by atoms with Crippen LogP contribution >= 0.6 is 0 Å². The molecule has 1 aliphatic carbocycles. The Morgan fingerprint density at radius 1 is 1.04 bits per heavy atom. The number of aromatic nitrogens is 2. The molecule has 2 unspecified atom stereocenters. The molecule has 80 heavy (non-hydrogen) atoms. The van der Waals surface area contributed by atoms with Gasteiger partial charge in [-0.05, 0) is 153 Å². The molecule has 2 aromatic heterocycles. The van der Waals surface area contributed by atoms with Crippen LogP contribution in [0.2, 0.25) is 0 Å². The van der Waals surface area contributed by atoms with Gasteiger partial charge in [0.15, 0.2) is 6.54 Å². The number of carbonyl (C=O) groups excluding carboxylic acids is 5. The topological polar surface area (TPSA) is 221 Å². The molecule has 1 saturated carbocycles. The van der Waals surface area contributed by atoms with E-state index in [-0.39, 0.29) is 66.9 Å². The van der Waals surface area contributed by atoms with Gasteiger partial charge in [-0.1, -0.05) is 39.7 Å². The summed E-state index contributed by atoms with van der Waals surface area (Å²) in [6, 6.07) is 5.90. The number of hydrogen-bond donors (Lipinski definition) is 3. The van der Waals surface area contributed by atoms with Crippen molar-refractivity contribution in [2.24, 2.45) is 27.8 Å². The van der Waals surface area contributed by atoms with E-state index in [1.165, 1.54) is 15.5 Å². The number of likely N-dealkylation sites (N-methyl/N-ethyl adjacent to an activating group) is 1. The fourth-order valence-electron chi connectivity index (χ4n) is 12.7. The van der Waals surface area contributed by atoms with Crippen molar-refractivity contribution < 1.29 is 38.2 Å². The highest BCUT2D eigenvalue weighted by molar-refractivity contribution is 5.95. The Morgan fingerprint density at radius 3 is 2.48 bits per heavy atom. The summed E-state index contributed by atoms with van der Waals surface area (Å²) in [5.41, 5.74) is 15.0. The molecule has 6 heterocycles. The number of cyclic esters (lactones) is 1. The number of rotatable bonds is 13. The molecule has 8 rings (SSSR count). The largest absolute Gasteiger partial charge is 0.490 e. The van der Waals surface area contributed by atoms with Gasteiger partial charge in [0.25, 0.3) is 11.8 Å².